The van der Waals surface area contributed by atoms with Crippen molar-refractivity contribution in [3.05, 3.63) is 35.9 Å². The molecule has 92 valence electrons. The number of rotatable bonds is 2. The molecule has 0 amide bonds. The topological polar surface area (TPSA) is 0 Å². The molecule has 1 rings (SSSR count). The predicted molar refractivity (Wildman–Crippen MR) is 78.6 cm³/mol. The van der Waals surface area contributed by atoms with E-state index >= 15 is 0 Å². The molecule has 0 aliphatic rings. The van der Waals surface area contributed by atoms with E-state index < -0.39 is 0 Å². The highest BCUT2D eigenvalue weighted by molar-refractivity contribution is 8.18. The summed E-state index contributed by atoms with van der Waals surface area (Å²) in [6, 6.07) is 10.9. The summed E-state index contributed by atoms with van der Waals surface area (Å²) in [4.78, 5) is 0. The number of thiol groups is 1. The fourth-order valence-corrected chi connectivity index (χ4v) is 5.78. The van der Waals surface area contributed by atoms with Crippen molar-refractivity contribution < 1.29 is 0 Å². The van der Waals surface area contributed by atoms with E-state index in [4.69, 9.17) is 0 Å². The van der Waals surface area contributed by atoms with E-state index in [1.807, 2.05) is 0 Å². The van der Waals surface area contributed by atoms with Crippen LogP contribution in [0.25, 0.3) is 0 Å². The lowest BCUT2D eigenvalue weighted by Gasteiger charge is -2.45. The molecule has 0 fully saturated rings. The minimum absolute atomic E-state index is 0.0190. The van der Waals surface area contributed by atoms with Gasteiger partial charge in [-0.15, -0.1) is 0 Å². The zero-order valence-electron chi connectivity index (χ0n) is 11.5. The summed E-state index contributed by atoms with van der Waals surface area (Å²) in [5.41, 5.74) is 1.48. The van der Waals surface area contributed by atoms with E-state index in [1.165, 1.54) is 11.3 Å². The van der Waals surface area contributed by atoms with Crippen LogP contribution in [0, 0.1) is 0 Å². The highest BCUT2D eigenvalue weighted by atomic mass is 32.2. The van der Waals surface area contributed by atoms with Gasteiger partial charge in [0.2, 0.25) is 0 Å². The minimum Gasteiger partial charge on any atom is -0.240 e. The average Bonchev–Trinajstić information content (AvgIpc) is 2.12. The van der Waals surface area contributed by atoms with E-state index in [-0.39, 0.29) is 10.9 Å². The molecule has 0 bridgehead atoms. The number of benzene rings is 1. The molecular formula is C15H26S. The Balaban J connectivity index is 2.89. The summed E-state index contributed by atoms with van der Waals surface area (Å²) in [6.07, 6.45) is 0. The van der Waals surface area contributed by atoms with E-state index in [2.05, 4.69) is 71.9 Å². The van der Waals surface area contributed by atoms with Gasteiger partial charge in [-0.1, -0.05) is 71.9 Å². The normalized spacial score (nSPS) is 13.8. The Labute approximate surface area is 104 Å². The highest BCUT2D eigenvalue weighted by Crippen LogP contribution is 2.53. The second-order valence-corrected chi connectivity index (χ2v) is 10.3. The van der Waals surface area contributed by atoms with Crippen molar-refractivity contribution in [1.82, 2.24) is 0 Å². The maximum atomic E-state index is 2.38. The van der Waals surface area contributed by atoms with Gasteiger partial charge in [-0.25, -0.2) is 10.9 Å². The molecule has 1 heteroatoms. The van der Waals surface area contributed by atoms with Crippen molar-refractivity contribution in [3.63, 3.8) is 0 Å². The molecule has 0 spiro atoms. The van der Waals surface area contributed by atoms with E-state index in [9.17, 15) is 0 Å². The van der Waals surface area contributed by atoms with Crippen LogP contribution in [-0.2, 0) is 5.75 Å². The molecule has 0 N–H and O–H groups in total. The first kappa shape index (κ1) is 13.6. The summed E-state index contributed by atoms with van der Waals surface area (Å²) in [5, 5.41) is 0. The first-order valence-corrected chi connectivity index (χ1v) is 7.55. The van der Waals surface area contributed by atoms with Crippen LogP contribution in [0.1, 0.15) is 47.1 Å². The SMILES string of the molecule is CC(C)(C)[SH](Cc1ccccc1)C(C)(C)C. The van der Waals surface area contributed by atoms with Crippen molar-refractivity contribution in [2.24, 2.45) is 0 Å². The van der Waals surface area contributed by atoms with Crippen molar-refractivity contribution in [1.29, 1.82) is 0 Å². The monoisotopic (exact) mass is 238 g/mol. The van der Waals surface area contributed by atoms with Gasteiger partial charge in [-0.05, 0) is 15.1 Å². The predicted octanol–water partition coefficient (Wildman–Crippen LogP) is 4.78. The summed E-state index contributed by atoms with van der Waals surface area (Å²) in [7, 11) is -0.0190. The van der Waals surface area contributed by atoms with Crippen LogP contribution in [0.15, 0.2) is 30.3 Å². The molecule has 1 aromatic carbocycles. The molecular weight excluding hydrogens is 212 g/mol. The molecule has 0 heterocycles. The van der Waals surface area contributed by atoms with Crippen LogP contribution < -0.4 is 0 Å². The molecule has 1 aromatic rings. The van der Waals surface area contributed by atoms with Crippen molar-refractivity contribution in [2.45, 2.75) is 56.8 Å². The van der Waals surface area contributed by atoms with Gasteiger partial charge in [-0.3, -0.25) is 0 Å². The van der Waals surface area contributed by atoms with Crippen molar-refractivity contribution in [3.8, 4) is 0 Å². The zero-order valence-corrected chi connectivity index (χ0v) is 12.4. The number of hydrogen-bond donors (Lipinski definition) is 1. The quantitative estimate of drug-likeness (QED) is 0.704. The van der Waals surface area contributed by atoms with Gasteiger partial charge in [0.1, 0.15) is 0 Å². The van der Waals surface area contributed by atoms with Crippen LogP contribution in [-0.4, -0.2) is 9.49 Å². The molecule has 0 saturated heterocycles. The second-order valence-electron chi connectivity index (χ2n) is 6.41. The van der Waals surface area contributed by atoms with E-state index in [1.54, 1.807) is 0 Å². The maximum Gasteiger partial charge on any atom is 0.000902 e. The van der Waals surface area contributed by atoms with Crippen LogP contribution in [0.4, 0.5) is 0 Å². The first-order valence-electron chi connectivity index (χ1n) is 6.03. The largest absolute Gasteiger partial charge is 0.240 e. The standard InChI is InChI=1S/C15H26S/c1-14(2,3)16(15(4,5)6)12-13-10-8-7-9-11-13/h7-11,16H,12H2,1-6H3. The summed E-state index contributed by atoms with van der Waals surface area (Å²) in [5.74, 6) is 1.24. The van der Waals surface area contributed by atoms with E-state index in [0.29, 0.717) is 9.49 Å². The Hall–Kier alpha value is -0.430. The average molecular weight is 238 g/mol. The van der Waals surface area contributed by atoms with Crippen LogP contribution in [0.2, 0.25) is 0 Å². The third-order valence-electron chi connectivity index (χ3n) is 2.80. The molecule has 0 aromatic heterocycles. The molecule has 0 aliphatic heterocycles. The van der Waals surface area contributed by atoms with Gasteiger partial charge in [0.05, 0.1) is 0 Å². The van der Waals surface area contributed by atoms with Gasteiger partial charge >= 0.3 is 0 Å². The lowest BCUT2D eigenvalue weighted by Crippen LogP contribution is -2.29. The van der Waals surface area contributed by atoms with Crippen molar-refractivity contribution in [2.75, 3.05) is 0 Å². The fraction of sp³-hybridized carbons (Fsp3) is 0.600. The Kier molecular flexibility index (Phi) is 4.12. The molecule has 0 atom stereocenters. The van der Waals surface area contributed by atoms with Crippen molar-refractivity contribution >= 4 is 10.9 Å². The van der Waals surface area contributed by atoms with E-state index in [0.717, 1.165) is 0 Å². The minimum atomic E-state index is -0.0190. The molecule has 0 aliphatic carbocycles. The molecule has 0 unspecified atom stereocenters. The van der Waals surface area contributed by atoms with Crippen LogP contribution >= 0.6 is 10.9 Å². The van der Waals surface area contributed by atoms with Gasteiger partial charge in [0.25, 0.3) is 0 Å². The summed E-state index contributed by atoms with van der Waals surface area (Å²) >= 11 is 0. The Bertz CT molecular complexity index is 300. The molecule has 0 radical (unpaired) electrons. The molecule has 16 heavy (non-hydrogen) atoms. The third kappa shape index (κ3) is 3.86. The van der Waals surface area contributed by atoms with Gasteiger partial charge < -0.3 is 0 Å². The lowest BCUT2D eigenvalue weighted by molar-refractivity contribution is 0.722. The number of hydrogen-bond acceptors (Lipinski definition) is 0. The summed E-state index contributed by atoms with van der Waals surface area (Å²) in [6.45, 7) is 14.3. The van der Waals surface area contributed by atoms with Crippen LogP contribution in [0.3, 0.4) is 0 Å². The smallest absolute Gasteiger partial charge is 0.000902 e. The Morgan fingerprint density at radius 3 is 1.62 bits per heavy atom. The second kappa shape index (κ2) is 4.83. The highest BCUT2D eigenvalue weighted by Gasteiger charge is 2.30. The van der Waals surface area contributed by atoms with Gasteiger partial charge in [0.15, 0.2) is 0 Å². The van der Waals surface area contributed by atoms with Crippen LogP contribution in [0.5, 0.6) is 0 Å². The summed E-state index contributed by atoms with van der Waals surface area (Å²) < 4.78 is 0.840. The fourth-order valence-electron chi connectivity index (χ4n) is 2.25. The Morgan fingerprint density at radius 2 is 1.25 bits per heavy atom. The van der Waals surface area contributed by atoms with Gasteiger partial charge in [-0.2, -0.15) is 0 Å². The van der Waals surface area contributed by atoms with Gasteiger partial charge in [0, 0.05) is 5.75 Å². The first-order chi connectivity index (χ1) is 7.21. The lowest BCUT2D eigenvalue weighted by atomic mass is 10.2. The Morgan fingerprint density at radius 1 is 0.812 bits per heavy atom. The zero-order chi connectivity index (χ0) is 12.4. The molecule has 0 saturated carbocycles. The maximum absolute atomic E-state index is 2.38. The molecule has 0 nitrogen and oxygen atoms in total. The third-order valence-corrected chi connectivity index (χ3v) is 6.72.